The summed E-state index contributed by atoms with van der Waals surface area (Å²) in [6.45, 7) is 0.0609. The quantitative estimate of drug-likeness (QED) is 0.903. The summed E-state index contributed by atoms with van der Waals surface area (Å²) < 4.78 is 13.2. The number of hydrogen-bond donors (Lipinski definition) is 2. The zero-order chi connectivity index (χ0) is 13.0. The van der Waals surface area contributed by atoms with Crippen LogP contribution in [-0.2, 0) is 0 Å². The molecule has 0 aliphatic rings. The van der Waals surface area contributed by atoms with Crippen LogP contribution < -0.4 is 5.73 Å². The van der Waals surface area contributed by atoms with E-state index >= 15 is 0 Å². The minimum Gasteiger partial charge on any atom is -0.396 e. The molecule has 0 saturated heterocycles. The standard InChI is InChI=1S/C15H16FNO.ClH/c16-14-6-2-4-12(10-14)11-3-1-5-13(9-11)15(17)7-8-18;/h1-6,9-10,15,18H,7-8,17H2;1H. The summed E-state index contributed by atoms with van der Waals surface area (Å²) in [6.07, 6.45) is 0.520. The molecule has 2 rings (SSSR count). The van der Waals surface area contributed by atoms with E-state index in [0.29, 0.717) is 6.42 Å². The average molecular weight is 282 g/mol. The van der Waals surface area contributed by atoms with Crippen LogP contribution >= 0.6 is 12.4 Å². The normalized spacial score (nSPS) is 11.7. The van der Waals surface area contributed by atoms with E-state index < -0.39 is 0 Å². The molecule has 19 heavy (non-hydrogen) atoms. The minimum atomic E-state index is -0.252. The predicted molar refractivity (Wildman–Crippen MR) is 77.7 cm³/mol. The van der Waals surface area contributed by atoms with E-state index in [0.717, 1.165) is 16.7 Å². The fraction of sp³-hybridized carbons (Fsp3) is 0.200. The van der Waals surface area contributed by atoms with E-state index in [-0.39, 0.29) is 30.9 Å². The Labute approximate surface area is 118 Å². The van der Waals surface area contributed by atoms with Gasteiger partial charge in [0.2, 0.25) is 0 Å². The first-order valence-corrected chi connectivity index (χ1v) is 5.93. The first-order valence-electron chi connectivity index (χ1n) is 5.93. The van der Waals surface area contributed by atoms with Gasteiger partial charge in [-0.25, -0.2) is 4.39 Å². The topological polar surface area (TPSA) is 46.2 Å². The summed E-state index contributed by atoms with van der Waals surface area (Å²) >= 11 is 0. The Bertz CT molecular complexity index is 533. The molecule has 1 unspecified atom stereocenters. The highest BCUT2D eigenvalue weighted by Gasteiger charge is 2.07. The van der Waals surface area contributed by atoms with Crippen LogP contribution in [0.2, 0.25) is 0 Å². The molecule has 0 radical (unpaired) electrons. The van der Waals surface area contributed by atoms with Gasteiger partial charge in [-0.2, -0.15) is 0 Å². The number of halogens is 2. The molecule has 4 heteroatoms. The highest BCUT2D eigenvalue weighted by Crippen LogP contribution is 2.24. The van der Waals surface area contributed by atoms with Crippen LogP contribution in [0.4, 0.5) is 4.39 Å². The lowest BCUT2D eigenvalue weighted by molar-refractivity contribution is 0.276. The van der Waals surface area contributed by atoms with Crippen LogP contribution in [0.5, 0.6) is 0 Å². The van der Waals surface area contributed by atoms with Gasteiger partial charge in [0.05, 0.1) is 0 Å². The van der Waals surface area contributed by atoms with E-state index in [1.807, 2.05) is 30.3 Å². The van der Waals surface area contributed by atoms with Crippen LogP contribution in [0.1, 0.15) is 18.0 Å². The maximum absolute atomic E-state index is 13.2. The third-order valence-corrected chi connectivity index (χ3v) is 2.91. The van der Waals surface area contributed by atoms with Gasteiger partial charge < -0.3 is 10.8 Å². The van der Waals surface area contributed by atoms with Gasteiger partial charge in [0.15, 0.2) is 0 Å². The third-order valence-electron chi connectivity index (χ3n) is 2.91. The fourth-order valence-electron chi connectivity index (χ4n) is 1.92. The van der Waals surface area contributed by atoms with Crippen molar-refractivity contribution in [2.45, 2.75) is 12.5 Å². The summed E-state index contributed by atoms with van der Waals surface area (Å²) in [5, 5.41) is 8.89. The lowest BCUT2D eigenvalue weighted by atomic mass is 9.98. The van der Waals surface area contributed by atoms with Gasteiger partial charge in [-0.05, 0) is 41.3 Å². The molecular formula is C15H17ClFNO. The summed E-state index contributed by atoms with van der Waals surface area (Å²) in [5.41, 5.74) is 8.66. The average Bonchev–Trinajstić information content (AvgIpc) is 2.39. The minimum absolute atomic E-state index is 0. The Kier molecular flexibility index (Phi) is 5.96. The second-order valence-corrected chi connectivity index (χ2v) is 4.25. The van der Waals surface area contributed by atoms with Crippen molar-refractivity contribution < 1.29 is 9.50 Å². The SMILES string of the molecule is Cl.NC(CCO)c1cccc(-c2cccc(F)c2)c1. The molecule has 0 saturated carbocycles. The highest BCUT2D eigenvalue weighted by atomic mass is 35.5. The Morgan fingerprint density at radius 1 is 1.05 bits per heavy atom. The van der Waals surface area contributed by atoms with E-state index in [1.54, 1.807) is 6.07 Å². The molecule has 0 amide bonds. The Hall–Kier alpha value is -1.42. The largest absolute Gasteiger partial charge is 0.396 e. The van der Waals surface area contributed by atoms with Crippen molar-refractivity contribution in [1.29, 1.82) is 0 Å². The van der Waals surface area contributed by atoms with E-state index in [9.17, 15) is 4.39 Å². The van der Waals surface area contributed by atoms with Crippen molar-refractivity contribution in [3.8, 4) is 11.1 Å². The molecule has 0 bridgehead atoms. The van der Waals surface area contributed by atoms with Gasteiger partial charge in [0.1, 0.15) is 5.82 Å². The molecule has 0 aliphatic carbocycles. The molecule has 0 fully saturated rings. The van der Waals surface area contributed by atoms with Crippen LogP contribution in [0.3, 0.4) is 0 Å². The number of benzene rings is 2. The summed E-state index contributed by atoms with van der Waals surface area (Å²) in [6, 6.07) is 13.9. The van der Waals surface area contributed by atoms with Crippen LogP contribution in [-0.4, -0.2) is 11.7 Å². The van der Waals surface area contributed by atoms with Crippen LogP contribution in [0.25, 0.3) is 11.1 Å². The number of hydrogen-bond acceptors (Lipinski definition) is 2. The molecule has 102 valence electrons. The van der Waals surface area contributed by atoms with Crippen molar-refractivity contribution >= 4 is 12.4 Å². The molecule has 0 spiro atoms. The molecule has 0 aliphatic heterocycles. The molecule has 2 aromatic carbocycles. The van der Waals surface area contributed by atoms with Gasteiger partial charge >= 0.3 is 0 Å². The van der Waals surface area contributed by atoms with Crippen molar-refractivity contribution in [2.75, 3.05) is 6.61 Å². The van der Waals surface area contributed by atoms with Crippen molar-refractivity contribution in [1.82, 2.24) is 0 Å². The first-order chi connectivity index (χ1) is 8.70. The van der Waals surface area contributed by atoms with Crippen molar-refractivity contribution in [2.24, 2.45) is 5.73 Å². The van der Waals surface area contributed by atoms with Crippen LogP contribution in [0.15, 0.2) is 48.5 Å². The number of aliphatic hydroxyl groups excluding tert-OH is 1. The lowest BCUT2D eigenvalue weighted by Gasteiger charge is -2.12. The number of aliphatic hydroxyl groups is 1. The molecule has 0 aromatic heterocycles. The van der Waals surface area contributed by atoms with Gasteiger partial charge in [-0.3, -0.25) is 0 Å². The smallest absolute Gasteiger partial charge is 0.123 e. The Morgan fingerprint density at radius 3 is 2.32 bits per heavy atom. The number of rotatable bonds is 4. The molecular weight excluding hydrogens is 265 g/mol. The number of nitrogens with two attached hydrogens (primary N) is 1. The van der Waals surface area contributed by atoms with Crippen molar-refractivity contribution in [3.63, 3.8) is 0 Å². The van der Waals surface area contributed by atoms with Gasteiger partial charge in [-0.1, -0.05) is 30.3 Å². The Morgan fingerprint density at radius 2 is 1.68 bits per heavy atom. The van der Waals surface area contributed by atoms with E-state index in [2.05, 4.69) is 0 Å². The van der Waals surface area contributed by atoms with Gasteiger partial charge in [0.25, 0.3) is 0 Å². The first kappa shape index (κ1) is 15.6. The maximum Gasteiger partial charge on any atom is 0.123 e. The zero-order valence-corrected chi connectivity index (χ0v) is 11.2. The Balaban J connectivity index is 0.00000180. The molecule has 3 N–H and O–H groups in total. The summed E-state index contributed by atoms with van der Waals surface area (Å²) in [4.78, 5) is 0. The monoisotopic (exact) mass is 281 g/mol. The predicted octanol–water partition coefficient (Wildman–Crippen LogP) is 3.30. The molecule has 0 heterocycles. The van der Waals surface area contributed by atoms with Gasteiger partial charge in [0, 0.05) is 12.6 Å². The van der Waals surface area contributed by atoms with E-state index in [1.165, 1.54) is 12.1 Å². The maximum atomic E-state index is 13.2. The zero-order valence-electron chi connectivity index (χ0n) is 10.4. The highest BCUT2D eigenvalue weighted by molar-refractivity contribution is 5.85. The molecule has 2 aromatic rings. The van der Waals surface area contributed by atoms with Crippen LogP contribution in [0, 0.1) is 5.82 Å². The van der Waals surface area contributed by atoms with E-state index in [4.69, 9.17) is 10.8 Å². The lowest BCUT2D eigenvalue weighted by Crippen LogP contribution is -2.11. The fourth-order valence-corrected chi connectivity index (χ4v) is 1.92. The molecule has 1 atom stereocenters. The van der Waals surface area contributed by atoms with Crippen molar-refractivity contribution in [3.05, 3.63) is 59.9 Å². The second-order valence-electron chi connectivity index (χ2n) is 4.25. The second kappa shape index (κ2) is 7.24. The molecule has 2 nitrogen and oxygen atoms in total. The summed E-state index contributed by atoms with van der Waals surface area (Å²) in [7, 11) is 0. The third kappa shape index (κ3) is 4.03. The van der Waals surface area contributed by atoms with Gasteiger partial charge in [-0.15, -0.1) is 12.4 Å². The summed E-state index contributed by atoms with van der Waals surface area (Å²) in [5.74, 6) is -0.252.